The van der Waals surface area contributed by atoms with Crippen molar-refractivity contribution >= 4 is 18.0 Å². The van der Waals surface area contributed by atoms with Gasteiger partial charge in [0.1, 0.15) is 18.7 Å². The number of alkyl carbamates (subject to hydrolysis) is 1. The van der Waals surface area contributed by atoms with Crippen LogP contribution in [0.1, 0.15) is 29.9 Å². The monoisotopic (exact) mass is 500 g/mol. The van der Waals surface area contributed by atoms with E-state index >= 15 is 0 Å². The lowest BCUT2D eigenvalue weighted by molar-refractivity contribution is -0.160. The van der Waals surface area contributed by atoms with Gasteiger partial charge in [-0.1, -0.05) is 48.5 Å². The summed E-state index contributed by atoms with van der Waals surface area (Å²) >= 11 is 0. The zero-order valence-electron chi connectivity index (χ0n) is 18.0. The van der Waals surface area contributed by atoms with Gasteiger partial charge < -0.3 is 20.5 Å². The van der Waals surface area contributed by atoms with Gasteiger partial charge in [-0.15, -0.1) is 0 Å². The molecule has 0 aliphatic heterocycles. The molecule has 0 spiro atoms. The van der Waals surface area contributed by atoms with Gasteiger partial charge in [0.15, 0.2) is 0 Å². The van der Waals surface area contributed by atoms with Crippen molar-refractivity contribution < 1.29 is 46.2 Å². The number of carboxylic acids is 1. The van der Waals surface area contributed by atoms with Gasteiger partial charge in [-0.25, -0.2) is 18.4 Å². The molecule has 0 saturated heterocycles. The molecule has 188 valence electrons. The number of rotatable bonds is 9. The molecule has 0 aromatic heterocycles. The van der Waals surface area contributed by atoms with Crippen LogP contribution in [0, 0.1) is 0 Å². The van der Waals surface area contributed by atoms with Crippen molar-refractivity contribution in [3.63, 3.8) is 0 Å². The second-order valence-corrected chi connectivity index (χ2v) is 7.89. The molecule has 2 amide bonds. The Morgan fingerprint density at radius 2 is 1.49 bits per heavy atom. The fourth-order valence-electron chi connectivity index (χ4n) is 3.88. The summed E-state index contributed by atoms with van der Waals surface area (Å²) in [5.41, 5.74) is 3.67. The van der Waals surface area contributed by atoms with Crippen LogP contribution >= 0.6 is 0 Å². The minimum atomic E-state index is -4.90. The Kier molecular flexibility index (Phi) is 7.92. The Labute approximate surface area is 196 Å². The molecule has 3 rings (SSSR count). The average Bonchev–Trinajstić information content (AvgIpc) is 3.09. The highest BCUT2D eigenvalue weighted by Gasteiger charge is 2.37. The Bertz CT molecular complexity index is 1050. The maximum Gasteiger partial charge on any atom is 0.407 e. The van der Waals surface area contributed by atoms with Crippen LogP contribution in [0.5, 0.6) is 0 Å². The number of benzene rings is 2. The standard InChI is InChI=1S/C23H21F5N2O5/c24-20(25)17(9-19(31)29-18(21(32)33)10-23(26,27)28)30-22(34)35-11-16-14-7-3-1-5-12(14)13-6-2-4-8-15(13)16/h1-8,16-18,20H,9-11H2,(H,29,31)(H,30,34)(H,32,33). The van der Waals surface area contributed by atoms with Crippen LogP contribution < -0.4 is 10.6 Å². The first-order valence-corrected chi connectivity index (χ1v) is 10.4. The third kappa shape index (κ3) is 6.67. The third-order valence-corrected chi connectivity index (χ3v) is 5.43. The predicted molar refractivity (Wildman–Crippen MR) is 113 cm³/mol. The molecule has 0 radical (unpaired) electrons. The van der Waals surface area contributed by atoms with Gasteiger partial charge in [0, 0.05) is 5.92 Å². The second-order valence-electron chi connectivity index (χ2n) is 7.89. The van der Waals surface area contributed by atoms with Crippen molar-refractivity contribution in [2.75, 3.05) is 6.61 Å². The number of ether oxygens (including phenoxy) is 1. The molecule has 0 saturated carbocycles. The van der Waals surface area contributed by atoms with E-state index in [0.717, 1.165) is 22.3 Å². The molecule has 1 aliphatic carbocycles. The summed E-state index contributed by atoms with van der Waals surface area (Å²) in [6.45, 7) is -0.186. The number of carbonyl (C=O) groups excluding carboxylic acids is 2. The number of carboxylic acid groups (broad SMARTS) is 1. The summed E-state index contributed by atoms with van der Waals surface area (Å²) < 4.78 is 69.3. The Morgan fingerprint density at radius 1 is 0.943 bits per heavy atom. The number of hydrogen-bond donors (Lipinski definition) is 3. The predicted octanol–water partition coefficient (Wildman–Crippen LogP) is 4.07. The molecule has 2 aromatic carbocycles. The number of halogens is 5. The molecule has 0 heterocycles. The molecule has 2 atom stereocenters. The van der Waals surface area contributed by atoms with E-state index in [0.29, 0.717) is 0 Å². The van der Waals surface area contributed by atoms with E-state index in [1.54, 1.807) is 5.32 Å². The van der Waals surface area contributed by atoms with Crippen molar-refractivity contribution in [3.05, 3.63) is 59.7 Å². The van der Waals surface area contributed by atoms with Gasteiger partial charge in [0.2, 0.25) is 5.91 Å². The number of aliphatic carboxylic acids is 1. The smallest absolute Gasteiger partial charge is 0.407 e. The van der Waals surface area contributed by atoms with E-state index in [2.05, 4.69) is 0 Å². The van der Waals surface area contributed by atoms with E-state index in [4.69, 9.17) is 9.84 Å². The Hall–Kier alpha value is -3.70. The average molecular weight is 500 g/mol. The first-order valence-electron chi connectivity index (χ1n) is 10.4. The highest BCUT2D eigenvalue weighted by Crippen LogP contribution is 2.44. The summed E-state index contributed by atoms with van der Waals surface area (Å²) in [6, 6.07) is 10.4. The minimum Gasteiger partial charge on any atom is -0.480 e. The van der Waals surface area contributed by atoms with Gasteiger partial charge in [-0.05, 0) is 22.3 Å². The quantitative estimate of drug-likeness (QED) is 0.451. The molecule has 2 unspecified atom stereocenters. The molecule has 7 nitrogen and oxygen atoms in total. The normalized spacial score (nSPS) is 14.6. The number of fused-ring (bicyclic) bond motifs is 3. The summed E-state index contributed by atoms with van der Waals surface area (Å²) in [4.78, 5) is 35.1. The lowest BCUT2D eigenvalue weighted by Crippen LogP contribution is -2.48. The van der Waals surface area contributed by atoms with Crippen LogP contribution in [0.4, 0.5) is 26.7 Å². The van der Waals surface area contributed by atoms with Crippen molar-refractivity contribution in [1.82, 2.24) is 10.6 Å². The summed E-state index contributed by atoms with van der Waals surface area (Å²) in [6.07, 6.45) is -12.5. The first-order chi connectivity index (χ1) is 16.5. The number of nitrogens with one attached hydrogen (secondary N) is 2. The maximum absolute atomic E-state index is 13.4. The van der Waals surface area contributed by atoms with Gasteiger partial charge in [-0.3, -0.25) is 4.79 Å². The van der Waals surface area contributed by atoms with E-state index in [-0.39, 0.29) is 12.5 Å². The number of carbonyl (C=O) groups is 3. The van der Waals surface area contributed by atoms with E-state index in [9.17, 15) is 36.3 Å². The molecule has 3 N–H and O–H groups in total. The van der Waals surface area contributed by atoms with Crippen LogP contribution in [-0.2, 0) is 14.3 Å². The third-order valence-electron chi connectivity index (χ3n) is 5.43. The minimum absolute atomic E-state index is 0.186. The van der Waals surface area contributed by atoms with E-state index < -0.39 is 55.5 Å². The number of amides is 2. The topological polar surface area (TPSA) is 105 Å². The van der Waals surface area contributed by atoms with Crippen LogP contribution in [0.3, 0.4) is 0 Å². The van der Waals surface area contributed by atoms with Crippen molar-refractivity contribution in [1.29, 1.82) is 0 Å². The van der Waals surface area contributed by atoms with Crippen molar-refractivity contribution in [3.8, 4) is 11.1 Å². The molecule has 35 heavy (non-hydrogen) atoms. The van der Waals surface area contributed by atoms with Crippen molar-refractivity contribution in [2.45, 2.75) is 43.4 Å². The molecule has 2 aromatic rings. The fraction of sp³-hybridized carbons (Fsp3) is 0.348. The van der Waals surface area contributed by atoms with Crippen LogP contribution in [-0.4, -0.2) is 54.4 Å². The zero-order valence-corrected chi connectivity index (χ0v) is 18.0. The highest BCUT2D eigenvalue weighted by atomic mass is 19.4. The molecular weight excluding hydrogens is 479 g/mol. The fourth-order valence-corrected chi connectivity index (χ4v) is 3.88. The Balaban J connectivity index is 1.60. The molecule has 12 heteroatoms. The van der Waals surface area contributed by atoms with Crippen LogP contribution in [0.2, 0.25) is 0 Å². The van der Waals surface area contributed by atoms with Crippen molar-refractivity contribution in [2.24, 2.45) is 0 Å². The number of alkyl halides is 5. The summed E-state index contributed by atoms with van der Waals surface area (Å²) in [7, 11) is 0. The SMILES string of the molecule is O=C(CC(NC(=O)OCC1c2ccccc2-c2ccccc21)C(F)F)NC(CC(F)(F)F)C(=O)O. The Morgan fingerprint density at radius 3 is 1.97 bits per heavy atom. The molecular formula is C23H21F5N2O5. The zero-order chi connectivity index (χ0) is 25.8. The molecule has 1 aliphatic rings. The van der Waals surface area contributed by atoms with Crippen LogP contribution in [0.25, 0.3) is 11.1 Å². The second kappa shape index (κ2) is 10.7. The first kappa shape index (κ1) is 25.9. The van der Waals surface area contributed by atoms with Gasteiger partial charge in [-0.2, -0.15) is 13.2 Å². The lowest BCUT2D eigenvalue weighted by atomic mass is 9.98. The number of hydrogen-bond acceptors (Lipinski definition) is 4. The largest absolute Gasteiger partial charge is 0.480 e. The lowest BCUT2D eigenvalue weighted by Gasteiger charge is -2.21. The van der Waals surface area contributed by atoms with E-state index in [1.165, 1.54) is 0 Å². The highest BCUT2D eigenvalue weighted by molar-refractivity contribution is 5.84. The molecule has 0 bridgehead atoms. The maximum atomic E-state index is 13.4. The van der Waals surface area contributed by atoms with Gasteiger partial charge >= 0.3 is 18.2 Å². The van der Waals surface area contributed by atoms with E-state index in [1.807, 2.05) is 53.8 Å². The summed E-state index contributed by atoms with van der Waals surface area (Å²) in [5.74, 6) is -3.72. The van der Waals surface area contributed by atoms with Crippen LogP contribution in [0.15, 0.2) is 48.5 Å². The molecule has 0 fully saturated rings. The van der Waals surface area contributed by atoms with Gasteiger partial charge in [0.05, 0.1) is 12.8 Å². The summed E-state index contributed by atoms with van der Waals surface area (Å²) in [5, 5.41) is 12.2. The van der Waals surface area contributed by atoms with Gasteiger partial charge in [0.25, 0.3) is 6.43 Å².